The second-order valence-electron chi connectivity index (χ2n) is 6.76. The first-order valence-corrected chi connectivity index (χ1v) is 8.14. The standard InChI is InChI=1S/C17H19BrN2O2/c1-17(2)8-12-14(13(21)9-17)15(19-16(22)20(12)3)10-6-4-5-7-11(10)18/h4-7,15H,8-9H2,1-3H3,(H,19,22). The molecule has 2 aliphatic rings. The molecule has 0 aromatic heterocycles. The minimum absolute atomic E-state index is 0.111. The van der Waals surface area contributed by atoms with Gasteiger partial charge in [0.05, 0.1) is 6.04 Å². The number of benzene rings is 1. The fourth-order valence-electron chi connectivity index (χ4n) is 3.29. The van der Waals surface area contributed by atoms with Gasteiger partial charge in [-0.3, -0.25) is 4.79 Å². The molecule has 4 nitrogen and oxygen atoms in total. The van der Waals surface area contributed by atoms with Gasteiger partial charge in [0.25, 0.3) is 0 Å². The van der Waals surface area contributed by atoms with Crippen molar-refractivity contribution in [3.8, 4) is 0 Å². The zero-order valence-corrected chi connectivity index (χ0v) is 14.5. The zero-order valence-electron chi connectivity index (χ0n) is 12.9. The molecule has 1 aromatic carbocycles. The first kappa shape index (κ1) is 15.3. The molecule has 1 aliphatic carbocycles. The molecule has 1 aliphatic heterocycles. The normalized spacial score (nSPS) is 24.2. The number of carbonyl (C=O) groups excluding carboxylic acids is 2. The molecule has 0 saturated carbocycles. The monoisotopic (exact) mass is 362 g/mol. The highest BCUT2D eigenvalue weighted by molar-refractivity contribution is 9.10. The molecule has 0 bridgehead atoms. The van der Waals surface area contributed by atoms with Gasteiger partial charge in [-0.05, 0) is 23.5 Å². The molecule has 0 fully saturated rings. The molecule has 0 spiro atoms. The van der Waals surface area contributed by atoms with Crippen molar-refractivity contribution in [3.05, 3.63) is 45.6 Å². The largest absolute Gasteiger partial charge is 0.327 e. The number of nitrogens with one attached hydrogen (secondary N) is 1. The van der Waals surface area contributed by atoms with E-state index in [2.05, 4.69) is 35.1 Å². The molecule has 116 valence electrons. The fourth-order valence-corrected chi connectivity index (χ4v) is 3.80. The van der Waals surface area contributed by atoms with Crippen LogP contribution in [-0.2, 0) is 4.79 Å². The topological polar surface area (TPSA) is 49.4 Å². The maximum Gasteiger partial charge on any atom is 0.322 e. The van der Waals surface area contributed by atoms with Crippen LogP contribution in [0.25, 0.3) is 0 Å². The van der Waals surface area contributed by atoms with Gasteiger partial charge in [0.1, 0.15) is 0 Å². The minimum atomic E-state index is -0.377. The van der Waals surface area contributed by atoms with Crippen LogP contribution in [0.15, 0.2) is 40.0 Å². The molecular formula is C17H19BrN2O2. The highest BCUT2D eigenvalue weighted by Crippen LogP contribution is 2.44. The van der Waals surface area contributed by atoms with E-state index in [1.165, 1.54) is 0 Å². The molecule has 1 atom stereocenters. The Balaban J connectivity index is 2.16. The SMILES string of the molecule is CN1C(=O)NC(c2ccccc2Br)C2=C1CC(C)(C)CC2=O. The summed E-state index contributed by atoms with van der Waals surface area (Å²) in [6, 6.07) is 7.17. The number of hydrogen-bond acceptors (Lipinski definition) is 2. The number of hydrogen-bond donors (Lipinski definition) is 1. The van der Waals surface area contributed by atoms with Gasteiger partial charge in [-0.2, -0.15) is 0 Å². The zero-order chi connectivity index (χ0) is 16.1. The summed E-state index contributed by atoms with van der Waals surface area (Å²) in [7, 11) is 1.73. The Bertz CT molecular complexity index is 694. The van der Waals surface area contributed by atoms with Crippen molar-refractivity contribution < 1.29 is 9.59 Å². The maximum absolute atomic E-state index is 12.7. The summed E-state index contributed by atoms with van der Waals surface area (Å²) in [5.41, 5.74) is 2.39. The van der Waals surface area contributed by atoms with Crippen molar-refractivity contribution in [2.24, 2.45) is 5.41 Å². The van der Waals surface area contributed by atoms with Crippen molar-refractivity contribution in [2.45, 2.75) is 32.7 Å². The summed E-state index contributed by atoms with van der Waals surface area (Å²) in [5, 5.41) is 2.96. The van der Waals surface area contributed by atoms with Crippen molar-refractivity contribution >= 4 is 27.7 Å². The molecule has 1 aromatic rings. The molecule has 1 heterocycles. The smallest absolute Gasteiger partial charge is 0.322 e. The predicted molar refractivity (Wildman–Crippen MR) is 88.2 cm³/mol. The quantitative estimate of drug-likeness (QED) is 0.825. The van der Waals surface area contributed by atoms with E-state index in [1.807, 2.05) is 24.3 Å². The van der Waals surface area contributed by atoms with Crippen molar-refractivity contribution in [3.63, 3.8) is 0 Å². The number of allylic oxidation sites excluding steroid dienone is 1. The summed E-state index contributed by atoms with van der Waals surface area (Å²) in [6.45, 7) is 4.14. The number of carbonyl (C=O) groups is 2. The highest BCUT2D eigenvalue weighted by atomic mass is 79.9. The minimum Gasteiger partial charge on any atom is -0.327 e. The van der Waals surface area contributed by atoms with Crippen LogP contribution in [0, 0.1) is 5.41 Å². The Morgan fingerprint density at radius 2 is 1.91 bits per heavy atom. The van der Waals surface area contributed by atoms with Crippen LogP contribution in [0.1, 0.15) is 38.3 Å². The average molecular weight is 363 g/mol. The van der Waals surface area contributed by atoms with Crippen molar-refractivity contribution in [1.29, 1.82) is 0 Å². The maximum atomic E-state index is 12.7. The van der Waals surface area contributed by atoms with Gasteiger partial charge in [-0.25, -0.2) is 4.79 Å². The Kier molecular flexibility index (Phi) is 3.63. The summed E-state index contributed by atoms with van der Waals surface area (Å²) in [6.07, 6.45) is 1.25. The molecule has 22 heavy (non-hydrogen) atoms. The van der Waals surface area contributed by atoms with Crippen LogP contribution >= 0.6 is 15.9 Å². The van der Waals surface area contributed by atoms with Crippen LogP contribution in [0.4, 0.5) is 4.79 Å². The van der Waals surface area contributed by atoms with Crippen molar-refractivity contribution in [2.75, 3.05) is 7.05 Å². The Morgan fingerprint density at radius 1 is 1.23 bits per heavy atom. The molecule has 5 heteroatoms. The second-order valence-corrected chi connectivity index (χ2v) is 7.62. The third kappa shape index (κ3) is 2.47. The summed E-state index contributed by atoms with van der Waals surface area (Å²) < 4.78 is 0.898. The number of halogens is 1. The lowest BCUT2D eigenvalue weighted by Crippen LogP contribution is -2.49. The van der Waals surface area contributed by atoms with E-state index in [0.29, 0.717) is 6.42 Å². The number of rotatable bonds is 1. The van der Waals surface area contributed by atoms with E-state index in [4.69, 9.17) is 0 Å². The first-order chi connectivity index (χ1) is 10.3. The number of ketones is 1. The third-order valence-corrected chi connectivity index (χ3v) is 5.10. The van der Waals surface area contributed by atoms with E-state index in [0.717, 1.165) is 27.7 Å². The lowest BCUT2D eigenvalue weighted by molar-refractivity contribution is -0.118. The van der Waals surface area contributed by atoms with E-state index in [9.17, 15) is 9.59 Å². The van der Waals surface area contributed by atoms with Gasteiger partial charge in [0.2, 0.25) is 0 Å². The highest BCUT2D eigenvalue weighted by Gasteiger charge is 2.42. The summed E-state index contributed by atoms with van der Waals surface area (Å²) in [5.74, 6) is 0.124. The lowest BCUT2D eigenvalue weighted by Gasteiger charge is -2.42. The van der Waals surface area contributed by atoms with E-state index in [1.54, 1.807) is 11.9 Å². The number of amides is 2. The van der Waals surface area contributed by atoms with Gasteiger partial charge < -0.3 is 10.2 Å². The van der Waals surface area contributed by atoms with Crippen LogP contribution in [0.3, 0.4) is 0 Å². The average Bonchev–Trinajstić information content (AvgIpc) is 2.42. The first-order valence-electron chi connectivity index (χ1n) is 7.35. The molecular weight excluding hydrogens is 344 g/mol. The Hall–Kier alpha value is -1.62. The predicted octanol–water partition coefficient (Wildman–Crippen LogP) is 3.79. The van der Waals surface area contributed by atoms with Gasteiger partial charge in [-0.15, -0.1) is 0 Å². The Labute approximate surface area is 138 Å². The van der Waals surface area contributed by atoms with Gasteiger partial charge in [-0.1, -0.05) is 48.0 Å². The Morgan fingerprint density at radius 3 is 2.59 bits per heavy atom. The molecule has 0 saturated heterocycles. The molecule has 1 unspecified atom stereocenters. The van der Waals surface area contributed by atoms with Gasteiger partial charge >= 0.3 is 6.03 Å². The second kappa shape index (κ2) is 5.23. The molecule has 2 amide bonds. The molecule has 3 rings (SSSR count). The van der Waals surface area contributed by atoms with Gasteiger partial charge in [0.15, 0.2) is 5.78 Å². The number of urea groups is 1. The molecule has 0 radical (unpaired) electrons. The van der Waals surface area contributed by atoms with E-state index >= 15 is 0 Å². The number of nitrogens with zero attached hydrogens (tertiary/aromatic N) is 1. The van der Waals surface area contributed by atoms with Crippen LogP contribution in [-0.4, -0.2) is 23.8 Å². The van der Waals surface area contributed by atoms with Crippen LogP contribution in [0.2, 0.25) is 0 Å². The van der Waals surface area contributed by atoms with E-state index < -0.39 is 0 Å². The van der Waals surface area contributed by atoms with Crippen LogP contribution < -0.4 is 5.32 Å². The van der Waals surface area contributed by atoms with Gasteiger partial charge in [0, 0.05) is 29.2 Å². The number of Topliss-reactive ketones (excluding diaryl/α,β-unsaturated/α-hetero) is 1. The molecule has 1 N–H and O–H groups in total. The third-order valence-electron chi connectivity index (χ3n) is 4.38. The van der Waals surface area contributed by atoms with Crippen molar-refractivity contribution in [1.82, 2.24) is 10.2 Å². The summed E-state index contributed by atoms with van der Waals surface area (Å²) >= 11 is 3.53. The van der Waals surface area contributed by atoms with Crippen LogP contribution in [0.5, 0.6) is 0 Å². The van der Waals surface area contributed by atoms with E-state index in [-0.39, 0.29) is 23.3 Å². The summed E-state index contributed by atoms with van der Waals surface area (Å²) in [4.78, 5) is 26.6. The fraction of sp³-hybridized carbons (Fsp3) is 0.412. The lowest BCUT2D eigenvalue weighted by atomic mass is 9.72.